The summed E-state index contributed by atoms with van der Waals surface area (Å²) in [5, 5.41) is 2.67. The van der Waals surface area contributed by atoms with E-state index in [1.165, 1.54) is 6.92 Å². The van der Waals surface area contributed by atoms with Gasteiger partial charge in [-0.15, -0.1) is 0 Å². The summed E-state index contributed by atoms with van der Waals surface area (Å²) in [4.78, 5) is 13.1. The maximum absolute atomic E-state index is 10.6. The molecule has 6 nitrogen and oxygen atoms in total. The third-order valence-corrected chi connectivity index (χ3v) is 3.78. The molecule has 0 radical (unpaired) electrons. The molecule has 0 atom stereocenters. The Hall–Kier alpha value is -0.690. The Balaban J connectivity index is 0.00000484. The van der Waals surface area contributed by atoms with Crippen molar-refractivity contribution >= 4 is 5.91 Å². The summed E-state index contributed by atoms with van der Waals surface area (Å²) in [6, 6.07) is 0.634. The van der Waals surface area contributed by atoms with Crippen LogP contribution in [0.15, 0.2) is 0 Å². The fourth-order valence-electron chi connectivity index (χ4n) is 2.45. The number of carbonyl (C=O) groups excluding carboxylic acids is 1. The molecular weight excluding hydrogens is 284 g/mol. The fraction of sp³-hybridized carbons (Fsp3) is 0.938. The standard InChI is InChI=1S/C16H32N2O4.H2/c1-14(2)18-7-4-16(5-8-18)22-13-12-21-11-10-20-9-6-17-15(3)19;/h14,16H,4-13H2,1-3H3,(H,17,19);1H. The number of hydrogen-bond donors (Lipinski definition) is 1. The molecule has 0 saturated carbocycles. The van der Waals surface area contributed by atoms with Crippen molar-refractivity contribution in [1.82, 2.24) is 10.2 Å². The molecule has 0 bridgehead atoms. The number of hydrogen-bond acceptors (Lipinski definition) is 5. The Morgan fingerprint density at radius 2 is 1.73 bits per heavy atom. The zero-order valence-corrected chi connectivity index (χ0v) is 14.3. The van der Waals surface area contributed by atoms with Crippen LogP contribution >= 0.6 is 0 Å². The van der Waals surface area contributed by atoms with Crippen molar-refractivity contribution in [2.75, 3.05) is 52.7 Å². The molecule has 0 aromatic rings. The smallest absolute Gasteiger partial charge is 0.216 e. The molecule has 22 heavy (non-hydrogen) atoms. The summed E-state index contributed by atoms with van der Waals surface area (Å²) in [7, 11) is 0. The molecule has 0 spiro atoms. The SMILES string of the molecule is CC(=O)NCCOCCOCCOC1CCN(C(C)C)CC1.[HH]. The van der Waals surface area contributed by atoms with Gasteiger partial charge in [-0.25, -0.2) is 0 Å². The Bertz CT molecular complexity index is 298. The first-order valence-electron chi connectivity index (χ1n) is 8.35. The first kappa shape index (κ1) is 19.4. The van der Waals surface area contributed by atoms with E-state index in [1.807, 2.05) is 0 Å². The quantitative estimate of drug-likeness (QED) is 0.582. The van der Waals surface area contributed by atoms with Gasteiger partial charge < -0.3 is 24.4 Å². The van der Waals surface area contributed by atoms with Crippen molar-refractivity contribution in [1.29, 1.82) is 0 Å². The van der Waals surface area contributed by atoms with Crippen LogP contribution < -0.4 is 5.32 Å². The van der Waals surface area contributed by atoms with Crippen LogP contribution in [0, 0.1) is 0 Å². The van der Waals surface area contributed by atoms with Gasteiger partial charge >= 0.3 is 0 Å². The summed E-state index contributed by atoms with van der Waals surface area (Å²) in [5.74, 6) is -0.0313. The highest BCUT2D eigenvalue weighted by Gasteiger charge is 2.20. The second-order valence-electron chi connectivity index (χ2n) is 5.91. The average Bonchev–Trinajstić information content (AvgIpc) is 2.49. The minimum absolute atomic E-state index is 0. The molecular formula is C16H34N2O4. The van der Waals surface area contributed by atoms with E-state index in [-0.39, 0.29) is 7.33 Å². The van der Waals surface area contributed by atoms with Crippen molar-refractivity contribution in [3.8, 4) is 0 Å². The van der Waals surface area contributed by atoms with Crippen molar-refractivity contribution in [2.45, 2.75) is 45.8 Å². The van der Waals surface area contributed by atoms with Gasteiger partial charge in [0.25, 0.3) is 0 Å². The number of carbonyl (C=O) groups is 1. The number of nitrogens with zero attached hydrogens (tertiary/aromatic N) is 1. The number of rotatable bonds is 11. The first-order chi connectivity index (χ1) is 10.6. The Kier molecular flexibility index (Phi) is 10.4. The van der Waals surface area contributed by atoms with E-state index in [1.54, 1.807) is 0 Å². The molecule has 1 heterocycles. The van der Waals surface area contributed by atoms with E-state index in [0.717, 1.165) is 25.9 Å². The third-order valence-electron chi connectivity index (χ3n) is 3.78. The predicted octanol–water partition coefficient (Wildman–Crippen LogP) is 1.29. The third kappa shape index (κ3) is 9.35. The Morgan fingerprint density at radius 1 is 1.14 bits per heavy atom. The molecule has 0 unspecified atom stereocenters. The van der Waals surface area contributed by atoms with Gasteiger partial charge in [-0.05, 0) is 26.7 Å². The molecule has 0 aromatic heterocycles. The summed E-state index contributed by atoms with van der Waals surface area (Å²) in [5.41, 5.74) is 0. The van der Waals surface area contributed by atoms with Crippen LogP contribution in [-0.2, 0) is 19.0 Å². The lowest BCUT2D eigenvalue weighted by molar-refractivity contribution is -0.119. The van der Waals surface area contributed by atoms with Crippen molar-refractivity contribution in [3.05, 3.63) is 0 Å². The average molecular weight is 318 g/mol. The van der Waals surface area contributed by atoms with Crippen LogP contribution in [0.5, 0.6) is 0 Å². The molecule has 1 aliphatic rings. The number of amides is 1. The summed E-state index contributed by atoms with van der Waals surface area (Å²) >= 11 is 0. The van der Waals surface area contributed by atoms with Gasteiger partial charge in [0.1, 0.15) is 0 Å². The number of ether oxygens (including phenoxy) is 3. The van der Waals surface area contributed by atoms with Gasteiger partial charge in [0.2, 0.25) is 5.91 Å². The molecule has 1 fully saturated rings. The van der Waals surface area contributed by atoms with E-state index >= 15 is 0 Å². The summed E-state index contributed by atoms with van der Waals surface area (Å²) in [6.45, 7) is 11.7. The van der Waals surface area contributed by atoms with Gasteiger partial charge in [-0.1, -0.05) is 0 Å². The van der Waals surface area contributed by atoms with Crippen LogP contribution in [0.2, 0.25) is 0 Å². The van der Waals surface area contributed by atoms with Crippen LogP contribution in [0.25, 0.3) is 0 Å². The summed E-state index contributed by atoms with van der Waals surface area (Å²) in [6.07, 6.45) is 2.61. The topological polar surface area (TPSA) is 60.0 Å². The Morgan fingerprint density at radius 3 is 2.32 bits per heavy atom. The molecule has 1 saturated heterocycles. The molecule has 1 rings (SSSR count). The monoisotopic (exact) mass is 318 g/mol. The maximum Gasteiger partial charge on any atom is 0.216 e. The van der Waals surface area contributed by atoms with Gasteiger partial charge in [0.15, 0.2) is 0 Å². The van der Waals surface area contributed by atoms with E-state index in [0.29, 0.717) is 51.7 Å². The van der Waals surface area contributed by atoms with Gasteiger partial charge in [-0.3, -0.25) is 4.79 Å². The lowest BCUT2D eigenvalue weighted by Crippen LogP contribution is -2.41. The highest BCUT2D eigenvalue weighted by Crippen LogP contribution is 2.15. The molecule has 132 valence electrons. The summed E-state index contributed by atoms with van der Waals surface area (Å²) < 4.78 is 16.6. The maximum atomic E-state index is 10.6. The highest BCUT2D eigenvalue weighted by atomic mass is 16.5. The number of piperidine rings is 1. The lowest BCUT2D eigenvalue weighted by atomic mass is 10.1. The molecule has 1 N–H and O–H groups in total. The molecule has 1 aliphatic heterocycles. The van der Waals surface area contributed by atoms with Crippen LogP contribution in [0.3, 0.4) is 0 Å². The minimum Gasteiger partial charge on any atom is -0.377 e. The first-order valence-corrected chi connectivity index (χ1v) is 8.35. The highest BCUT2D eigenvalue weighted by molar-refractivity contribution is 5.72. The van der Waals surface area contributed by atoms with E-state index in [4.69, 9.17) is 14.2 Å². The van der Waals surface area contributed by atoms with Crippen molar-refractivity contribution in [2.24, 2.45) is 0 Å². The predicted molar refractivity (Wildman–Crippen MR) is 88.1 cm³/mol. The molecule has 0 aliphatic carbocycles. The number of likely N-dealkylation sites (tertiary alicyclic amines) is 1. The largest absolute Gasteiger partial charge is 0.377 e. The van der Waals surface area contributed by atoms with Crippen molar-refractivity contribution < 1.29 is 20.4 Å². The Labute approximate surface area is 136 Å². The van der Waals surface area contributed by atoms with Crippen LogP contribution in [0.4, 0.5) is 0 Å². The second kappa shape index (κ2) is 11.8. The van der Waals surface area contributed by atoms with E-state index in [9.17, 15) is 4.79 Å². The lowest BCUT2D eigenvalue weighted by Gasteiger charge is -2.34. The van der Waals surface area contributed by atoms with Gasteiger partial charge in [0.05, 0.1) is 39.1 Å². The van der Waals surface area contributed by atoms with E-state index in [2.05, 4.69) is 24.1 Å². The van der Waals surface area contributed by atoms with Gasteiger partial charge in [-0.2, -0.15) is 0 Å². The molecule has 6 heteroatoms. The molecule has 0 aromatic carbocycles. The second-order valence-corrected chi connectivity index (χ2v) is 5.91. The minimum atomic E-state index is -0.0313. The van der Waals surface area contributed by atoms with Crippen molar-refractivity contribution in [3.63, 3.8) is 0 Å². The number of nitrogens with one attached hydrogen (secondary N) is 1. The normalized spacial score (nSPS) is 17.1. The zero-order chi connectivity index (χ0) is 16.2. The van der Waals surface area contributed by atoms with Crippen LogP contribution in [-0.4, -0.2) is 75.6 Å². The van der Waals surface area contributed by atoms with Crippen LogP contribution in [0.1, 0.15) is 35.0 Å². The fourth-order valence-corrected chi connectivity index (χ4v) is 2.45. The van der Waals surface area contributed by atoms with E-state index < -0.39 is 0 Å². The zero-order valence-electron chi connectivity index (χ0n) is 14.3. The van der Waals surface area contributed by atoms with Gasteiger partial charge in [0, 0.05) is 34.0 Å². The molecule has 1 amide bonds.